The minimum absolute atomic E-state index is 0.0231. The normalized spacial score (nSPS) is 15.9. The summed E-state index contributed by atoms with van der Waals surface area (Å²) < 4.78 is 7.21. The van der Waals surface area contributed by atoms with Crippen LogP contribution in [0.5, 0.6) is 5.75 Å². The topological polar surface area (TPSA) is 29.5 Å². The molecule has 1 N–H and O–H groups in total. The summed E-state index contributed by atoms with van der Waals surface area (Å²) in [7, 11) is 0. The number of halogens is 1. The van der Waals surface area contributed by atoms with Crippen LogP contribution in [0, 0.1) is 0 Å². The molecule has 0 atom stereocenters. The Kier molecular flexibility index (Phi) is 4.42. The lowest BCUT2D eigenvalue weighted by molar-refractivity contribution is 0.158. The van der Waals surface area contributed by atoms with Crippen LogP contribution < -0.4 is 4.74 Å². The van der Waals surface area contributed by atoms with Crippen LogP contribution in [-0.2, 0) is 0 Å². The third-order valence-electron chi connectivity index (χ3n) is 3.78. The van der Waals surface area contributed by atoms with Gasteiger partial charge in [0, 0.05) is 15.6 Å². The van der Waals surface area contributed by atoms with Gasteiger partial charge in [-0.15, -0.1) is 0 Å². The highest BCUT2D eigenvalue weighted by Crippen LogP contribution is 2.41. The number of aliphatic hydroxyl groups excluding tert-OH is 1. The summed E-state index contributed by atoms with van der Waals surface area (Å²) in [6.45, 7) is 4.05. The van der Waals surface area contributed by atoms with Gasteiger partial charge in [-0.3, -0.25) is 0 Å². The van der Waals surface area contributed by atoms with Gasteiger partial charge in [0.05, 0.1) is 6.61 Å². The SMILES string of the molecule is CC1(C)C=Cc2cc(Br)cc(/C(=C\CO)c3ccccc3)c2O1. The molecule has 0 aliphatic carbocycles. The quantitative estimate of drug-likeness (QED) is 0.818. The van der Waals surface area contributed by atoms with Crippen molar-refractivity contribution in [2.75, 3.05) is 6.61 Å². The van der Waals surface area contributed by atoms with Crippen molar-refractivity contribution < 1.29 is 9.84 Å². The molecule has 0 unspecified atom stereocenters. The van der Waals surface area contributed by atoms with Gasteiger partial charge in [-0.1, -0.05) is 58.4 Å². The number of benzene rings is 2. The molecule has 2 aromatic carbocycles. The second kappa shape index (κ2) is 6.34. The van der Waals surface area contributed by atoms with Crippen LogP contribution in [-0.4, -0.2) is 17.3 Å². The molecule has 0 saturated carbocycles. The van der Waals surface area contributed by atoms with Crippen LogP contribution in [0.2, 0.25) is 0 Å². The maximum Gasteiger partial charge on any atom is 0.135 e. The van der Waals surface area contributed by atoms with E-state index in [0.717, 1.165) is 32.5 Å². The van der Waals surface area contributed by atoms with Gasteiger partial charge in [0.1, 0.15) is 11.4 Å². The molecule has 0 aromatic heterocycles. The summed E-state index contributed by atoms with van der Waals surface area (Å²) in [5, 5.41) is 9.49. The fourth-order valence-electron chi connectivity index (χ4n) is 2.73. The van der Waals surface area contributed by atoms with Gasteiger partial charge in [-0.25, -0.2) is 0 Å². The Hall–Kier alpha value is -1.84. The predicted octanol–water partition coefficient (Wildman–Crippen LogP) is 5.06. The molecule has 3 rings (SSSR count). The van der Waals surface area contributed by atoms with Gasteiger partial charge in [0.15, 0.2) is 0 Å². The van der Waals surface area contributed by atoms with Gasteiger partial charge < -0.3 is 9.84 Å². The first-order chi connectivity index (χ1) is 11.0. The first kappa shape index (κ1) is 16.0. The Labute approximate surface area is 145 Å². The Morgan fingerprint density at radius 3 is 2.65 bits per heavy atom. The van der Waals surface area contributed by atoms with Crippen LogP contribution in [0.25, 0.3) is 11.6 Å². The second-order valence-corrected chi connectivity index (χ2v) is 6.99. The molecular formula is C20H19BrO2. The second-order valence-electron chi connectivity index (χ2n) is 6.08. The summed E-state index contributed by atoms with van der Waals surface area (Å²) in [6, 6.07) is 14.1. The van der Waals surface area contributed by atoms with E-state index >= 15 is 0 Å². The molecule has 1 aliphatic rings. The van der Waals surface area contributed by atoms with E-state index in [2.05, 4.69) is 28.1 Å². The Balaban J connectivity index is 2.21. The molecular weight excluding hydrogens is 352 g/mol. The molecule has 2 nitrogen and oxygen atoms in total. The Bertz CT molecular complexity index is 774. The number of rotatable bonds is 3. The zero-order chi connectivity index (χ0) is 16.4. The summed E-state index contributed by atoms with van der Waals surface area (Å²) in [5.74, 6) is 0.851. The van der Waals surface area contributed by atoms with Crippen LogP contribution in [0.3, 0.4) is 0 Å². The predicted molar refractivity (Wildman–Crippen MR) is 98.5 cm³/mol. The van der Waals surface area contributed by atoms with Crippen molar-refractivity contribution in [2.45, 2.75) is 19.4 Å². The number of ether oxygens (including phenoxy) is 1. The van der Waals surface area contributed by atoms with Gasteiger partial charge >= 0.3 is 0 Å². The highest BCUT2D eigenvalue weighted by Gasteiger charge is 2.25. The molecule has 0 radical (unpaired) electrons. The largest absolute Gasteiger partial charge is 0.483 e. The highest BCUT2D eigenvalue weighted by molar-refractivity contribution is 9.10. The molecule has 1 aliphatic heterocycles. The smallest absolute Gasteiger partial charge is 0.135 e. The van der Waals surface area contributed by atoms with Crippen molar-refractivity contribution in [3.8, 4) is 5.75 Å². The fraction of sp³-hybridized carbons (Fsp3) is 0.200. The molecule has 3 heteroatoms. The monoisotopic (exact) mass is 370 g/mol. The minimum Gasteiger partial charge on any atom is -0.483 e. The van der Waals surface area contributed by atoms with Gasteiger partial charge in [-0.05, 0) is 43.2 Å². The maximum atomic E-state index is 9.49. The van der Waals surface area contributed by atoms with E-state index in [-0.39, 0.29) is 12.2 Å². The minimum atomic E-state index is -0.351. The van der Waals surface area contributed by atoms with Crippen molar-refractivity contribution in [3.63, 3.8) is 0 Å². The molecule has 0 saturated heterocycles. The van der Waals surface area contributed by atoms with E-state index in [1.165, 1.54) is 0 Å². The van der Waals surface area contributed by atoms with Crippen LogP contribution >= 0.6 is 15.9 Å². The average molecular weight is 371 g/mol. The van der Waals surface area contributed by atoms with E-state index in [4.69, 9.17) is 4.74 Å². The first-order valence-electron chi connectivity index (χ1n) is 7.59. The fourth-order valence-corrected chi connectivity index (χ4v) is 3.21. The molecule has 23 heavy (non-hydrogen) atoms. The van der Waals surface area contributed by atoms with Crippen molar-refractivity contribution in [2.24, 2.45) is 0 Å². The van der Waals surface area contributed by atoms with E-state index < -0.39 is 0 Å². The van der Waals surface area contributed by atoms with Crippen LogP contribution in [0.15, 0.2) is 59.1 Å². The number of hydrogen-bond donors (Lipinski definition) is 1. The Morgan fingerprint density at radius 2 is 1.96 bits per heavy atom. The standard InChI is InChI=1S/C20H19BrO2/c1-20(2)10-8-15-12-16(21)13-18(19(15)23-20)17(9-11-22)14-6-4-3-5-7-14/h3-10,12-13,22H,11H2,1-2H3/b17-9-. The molecule has 0 amide bonds. The van der Waals surface area contributed by atoms with Crippen molar-refractivity contribution in [3.05, 3.63) is 75.8 Å². The molecule has 1 heterocycles. The van der Waals surface area contributed by atoms with E-state index in [0.29, 0.717) is 0 Å². The van der Waals surface area contributed by atoms with Crippen LogP contribution in [0.1, 0.15) is 30.5 Å². The first-order valence-corrected chi connectivity index (χ1v) is 8.38. The van der Waals surface area contributed by atoms with Gasteiger partial charge in [-0.2, -0.15) is 0 Å². The zero-order valence-electron chi connectivity index (χ0n) is 13.2. The number of hydrogen-bond acceptors (Lipinski definition) is 2. The van der Waals surface area contributed by atoms with Gasteiger partial charge in [0.25, 0.3) is 0 Å². The number of fused-ring (bicyclic) bond motifs is 1. The molecule has 2 aromatic rings. The third-order valence-corrected chi connectivity index (χ3v) is 4.24. The van der Waals surface area contributed by atoms with E-state index in [1.807, 2.05) is 62.4 Å². The zero-order valence-corrected chi connectivity index (χ0v) is 14.8. The third kappa shape index (κ3) is 3.41. The summed E-state index contributed by atoms with van der Waals surface area (Å²) in [6.07, 6.45) is 5.98. The molecule has 0 bridgehead atoms. The summed E-state index contributed by atoms with van der Waals surface area (Å²) in [5.41, 5.74) is 3.69. The lowest BCUT2D eigenvalue weighted by atomic mass is 9.92. The van der Waals surface area contributed by atoms with Crippen molar-refractivity contribution in [1.82, 2.24) is 0 Å². The maximum absolute atomic E-state index is 9.49. The van der Waals surface area contributed by atoms with Gasteiger partial charge in [0.2, 0.25) is 0 Å². The molecule has 118 valence electrons. The van der Waals surface area contributed by atoms with Crippen molar-refractivity contribution >= 4 is 27.6 Å². The molecule has 0 fully saturated rings. The average Bonchev–Trinajstić information content (AvgIpc) is 2.53. The van der Waals surface area contributed by atoms with E-state index in [9.17, 15) is 5.11 Å². The summed E-state index contributed by atoms with van der Waals surface area (Å²) in [4.78, 5) is 0. The molecule has 0 spiro atoms. The lowest BCUT2D eigenvalue weighted by Crippen LogP contribution is -2.28. The Morgan fingerprint density at radius 1 is 1.22 bits per heavy atom. The van der Waals surface area contributed by atoms with E-state index in [1.54, 1.807) is 0 Å². The summed E-state index contributed by atoms with van der Waals surface area (Å²) >= 11 is 3.58. The van der Waals surface area contributed by atoms with Crippen molar-refractivity contribution in [1.29, 1.82) is 0 Å². The van der Waals surface area contributed by atoms with Crippen LogP contribution in [0.4, 0.5) is 0 Å². The number of aliphatic hydroxyl groups is 1. The lowest BCUT2D eigenvalue weighted by Gasteiger charge is -2.30. The highest BCUT2D eigenvalue weighted by atomic mass is 79.9.